The Bertz CT molecular complexity index is 259. The highest BCUT2D eigenvalue weighted by Crippen LogP contribution is 2.20. The van der Waals surface area contributed by atoms with E-state index >= 15 is 0 Å². The van der Waals surface area contributed by atoms with E-state index in [1.54, 1.807) is 0 Å². The molecule has 0 saturated heterocycles. The summed E-state index contributed by atoms with van der Waals surface area (Å²) in [6, 6.07) is 0.135. The smallest absolute Gasteiger partial charge is 0.315 e. The SMILES string of the molecule is CN(C)CCCNC(=O)N[C@H]1CCCC(OCN)C1. The summed E-state index contributed by atoms with van der Waals surface area (Å²) in [5.74, 6) is 0. The molecule has 112 valence electrons. The second-order valence-corrected chi connectivity index (χ2v) is 5.38. The molecular weight excluding hydrogens is 244 g/mol. The summed E-state index contributed by atoms with van der Waals surface area (Å²) in [7, 11) is 4.05. The molecule has 6 heteroatoms. The minimum absolute atomic E-state index is 0.0721. The Morgan fingerprint density at radius 2 is 2.21 bits per heavy atom. The van der Waals surface area contributed by atoms with Crippen molar-refractivity contribution in [3.63, 3.8) is 0 Å². The second kappa shape index (κ2) is 9.12. The molecule has 19 heavy (non-hydrogen) atoms. The van der Waals surface area contributed by atoms with Crippen LogP contribution in [-0.2, 0) is 4.74 Å². The molecular formula is C13H28N4O2. The van der Waals surface area contributed by atoms with Crippen LogP contribution < -0.4 is 16.4 Å². The van der Waals surface area contributed by atoms with Gasteiger partial charge in [0, 0.05) is 12.6 Å². The molecule has 4 N–H and O–H groups in total. The van der Waals surface area contributed by atoms with Crippen LogP contribution in [0, 0.1) is 0 Å². The molecule has 1 rings (SSSR count). The minimum Gasteiger partial charge on any atom is -0.363 e. The monoisotopic (exact) mass is 272 g/mol. The van der Waals surface area contributed by atoms with E-state index in [-0.39, 0.29) is 24.9 Å². The quantitative estimate of drug-likeness (QED) is 0.465. The zero-order valence-corrected chi connectivity index (χ0v) is 12.2. The number of amides is 2. The Labute approximate surface area is 116 Å². The zero-order valence-electron chi connectivity index (χ0n) is 12.2. The number of hydrogen-bond donors (Lipinski definition) is 3. The molecule has 1 unspecified atom stereocenters. The van der Waals surface area contributed by atoms with E-state index in [0.717, 1.165) is 38.6 Å². The number of hydrogen-bond acceptors (Lipinski definition) is 4. The highest BCUT2D eigenvalue weighted by atomic mass is 16.5. The Kier molecular flexibility index (Phi) is 7.78. The number of ether oxygens (including phenoxy) is 1. The Morgan fingerprint density at radius 3 is 2.89 bits per heavy atom. The van der Waals surface area contributed by atoms with Crippen LogP contribution in [0.2, 0.25) is 0 Å². The maximum absolute atomic E-state index is 11.7. The molecule has 0 aliphatic heterocycles. The van der Waals surface area contributed by atoms with Crippen LogP contribution in [0.4, 0.5) is 4.79 Å². The molecule has 0 aromatic carbocycles. The first-order valence-electron chi connectivity index (χ1n) is 7.12. The lowest BCUT2D eigenvalue weighted by molar-refractivity contribution is 0.0246. The summed E-state index contributed by atoms with van der Waals surface area (Å²) >= 11 is 0. The third-order valence-electron chi connectivity index (χ3n) is 3.36. The van der Waals surface area contributed by atoms with Crippen LogP contribution in [0.25, 0.3) is 0 Å². The molecule has 1 saturated carbocycles. The standard InChI is InChI=1S/C13H28N4O2/c1-17(2)8-4-7-15-13(18)16-11-5-3-6-12(9-11)19-10-14/h11-12H,3-10,14H2,1-2H3,(H2,15,16,18)/t11-,12?/m0/s1. The van der Waals surface area contributed by atoms with Gasteiger partial charge in [0.1, 0.15) is 0 Å². The van der Waals surface area contributed by atoms with Gasteiger partial charge in [-0.05, 0) is 52.7 Å². The predicted molar refractivity (Wildman–Crippen MR) is 75.9 cm³/mol. The van der Waals surface area contributed by atoms with Crippen LogP contribution in [-0.4, -0.2) is 57.0 Å². The van der Waals surface area contributed by atoms with E-state index in [1.165, 1.54) is 0 Å². The molecule has 0 aromatic rings. The lowest BCUT2D eigenvalue weighted by Gasteiger charge is -2.29. The Hall–Kier alpha value is -0.850. The summed E-state index contributed by atoms with van der Waals surface area (Å²) < 4.78 is 5.42. The second-order valence-electron chi connectivity index (χ2n) is 5.38. The van der Waals surface area contributed by atoms with Crippen LogP contribution >= 0.6 is 0 Å². The molecule has 0 heterocycles. The van der Waals surface area contributed by atoms with Crippen LogP contribution in [0.3, 0.4) is 0 Å². The highest BCUT2D eigenvalue weighted by Gasteiger charge is 2.23. The minimum atomic E-state index is -0.0721. The van der Waals surface area contributed by atoms with Gasteiger partial charge in [0.05, 0.1) is 12.8 Å². The van der Waals surface area contributed by atoms with E-state index in [2.05, 4.69) is 15.5 Å². The van der Waals surface area contributed by atoms with E-state index in [9.17, 15) is 4.79 Å². The van der Waals surface area contributed by atoms with E-state index < -0.39 is 0 Å². The third-order valence-corrected chi connectivity index (χ3v) is 3.36. The lowest BCUT2D eigenvalue weighted by atomic mass is 9.93. The Morgan fingerprint density at radius 1 is 1.42 bits per heavy atom. The maximum atomic E-state index is 11.7. The number of carbonyl (C=O) groups excluding carboxylic acids is 1. The van der Waals surface area contributed by atoms with Gasteiger partial charge in [-0.3, -0.25) is 0 Å². The molecule has 2 atom stereocenters. The van der Waals surface area contributed by atoms with Crippen molar-refractivity contribution in [2.45, 2.75) is 44.2 Å². The average Bonchev–Trinajstić information content (AvgIpc) is 2.35. The van der Waals surface area contributed by atoms with Crippen LogP contribution in [0.5, 0.6) is 0 Å². The number of carbonyl (C=O) groups is 1. The van der Waals surface area contributed by atoms with Gasteiger partial charge in [0.15, 0.2) is 0 Å². The molecule has 0 aromatic heterocycles. The first-order chi connectivity index (χ1) is 9.11. The van der Waals surface area contributed by atoms with Gasteiger partial charge < -0.3 is 26.0 Å². The number of nitrogens with zero attached hydrogens (tertiary/aromatic N) is 1. The first kappa shape index (κ1) is 16.2. The van der Waals surface area contributed by atoms with Gasteiger partial charge in [-0.2, -0.15) is 0 Å². The van der Waals surface area contributed by atoms with Gasteiger partial charge in [0.2, 0.25) is 0 Å². The molecule has 1 aliphatic carbocycles. The molecule has 0 radical (unpaired) electrons. The van der Waals surface area contributed by atoms with Gasteiger partial charge in [-0.1, -0.05) is 0 Å². The number of urea groups is 1. The number of nitrogens with one attached hydrogen (secondary N) is 2. The van der Waals surface area contributed by atoms with Gasteiger partial charge in [-0.15, -0.1) is 0 Å². The molecule has 0 spiro atoms. The normalized spacial score (nSPS) is 23.4. The fraction of sp³-hybridized carbons (Fsp3) is 0.923. The number of rotatable bonds is 7. The van der Waals surface area contributed by atoms with Crippen LogP contribution in [0.1, 0.15) is 32.1 Å². The van der Waals surface area contributed by atoms with Crippen molar-refractivity contribution in [3.05, 3.63) is 0 Å². The highest BCUT2D eigenvalue weighted by molar-refractivity contribution is 5.74. The fourth-order valence-corrected chi connectivity index (χ4v) is 2.40. The van der Waals surface area contributed by atoms with Crippen molar-refractivity contribution < 1.29 is 9.53 Å². The summed E-state index contributed by atoms with van der Waals surface area (Å²) in [6.45, 7) is 1.95. The van der Waals surface area contributed by atoms with Gasteiger partial charge in [-0.25, -0.2) is 4.79 Å². The van der Waals surface area contributed by atoms with Crippen molar-refractivity contribution in [1.29, 1.82) is 0 Å². The van der Waals surface area contributed by atoms with E-state index in [1.807, 2.05) is 14.1 Å². The molecule has 1 fully saturated rings. The van der Waals surface area contributed by atoms with Crippen molar-refractivity contribution in [2.24, 2.45) is 5.73 Å². The summed E-state index contributed by atoms with van der Waals surface area (Å²) in [5.41, 5.74) is 5.39. The average molecular weight is 272 g/mol. The fourth-order valence-electron chi connectivity index (χ4n) is 2.40. The molecule has 1 aliphatic rings. The molecule has 0 bridgehead atoms. The zero-order chi connectivity index (χ0) is 14.1. The maximum Gasteiger partial charge on any atom is 0.315 e. The van der Waals surface area contributed by atoms with E-state index in [0.29, 0.717) is 6.54 Å². The molecule has 2 amide bonds. The lowest BCUT2D eigenvalue weighted by Crippen LogP contribution is -2.45. The van der Waals surface area contributed by atoms with Crippen molar-refractivity contribution >= 4 is 6.03 Å². The summed E-state index contributed by atoms with van der Waals surface area (Å²) in [5, 5.41) is 5.90. The number of nitrogens with two attached hydrogens (primary N) is 1. The van der Waals surface area contributed by atoms with Gasteiger partial charge >= 0.3 is 6.03 Å². The van der Waals surface area contributed by atoms with E-state index in [4.69, 9.17) is 10.5 Å². The summed E-state index contributed by atoms with van der Waals surface area (Å²) in [6.07, 6.45) is 5.16. The Balaban J connectivity index is 2.13. The van der Waals surface area contributed by atoms with Crippen molar-refractivity contribution in [1.82, 2.24) is 15.5 Å². The topological polar surface area (TPSA) is 79.6 Å². The van der Waals surface area contributed by atoms with Crippen molar-refractivity contribution in [3.8, 4) is 0 Å². The summed E-state index contributed by atoms with van der Waals surface area (Å²) in [4.78, 5) is 13.8. The van der Waals surface area contributed by atoms with Crippen LogP contribution in [0.15, 0.2) is 0 Å². The third kappa shape index (κ3) is 7.34. The van der Waals surface area contributed by atoms with Gasteiger partial charge in [0.25, 0.3) is 0 Å². The first-order valence-corrected chi connectivity index (χ1v) is 7.12. The predicted octanol–water partition coefficient (Wildman–Crippen LogP) is 0.481. The molecule has 6 nitrogen and oxygen atoms in total. The largest absolute Gasteiger partial charge is 0.363 e. The van der Waals surface area contributed by atoms with Crippen molar-refractivity contribution in [2.75, 3.05) is 33.9 Å².